The maximum atomic E-state index is 12.9. The molecule has 0 spiro atoms. The van der Waals surface area contributed by atoms with Crippen LogP contribution in [-0.2, 0) is 12.8 Å². The number of hydrogen-bond acceptors (Lipinski definition) is 5. The zero-order valence-corrected chi connectivity index (χ0v) is 19.9. The molecule has 166 valence electrons. The van der Waals surface area contributed by atoms with Crippen LogP contribution in [0.4, 0.5) is 5.82 Å². The van der Waals surface area contributed by atoms with Gasteiger partial charge in [-0.15, -0.1) is 11.3 Å². The number of carbonyl (C=O) groups is 1. The molecule has 2 aliphatic carbocycles. The van der Waals surface area contributed by atoms with Gasteiger partial charge in [0.05, 0.1) is 5.39 Å². The lowest BCUT2D eigenvalue weighted by atomic mass is 9.89. The molecule has 0 radical (unpaired) electrons. The van der Waals surface area contributed by atoms with Crippen LogP contribution in [0.2, 0.25) is 5.02 Å². The van der Waals surface area contributed by atoms with Gasteiger partial charge >= 0.3 is 0 Å². The number of aryl methyl sites for hydroxylation is 1. The number of nitrogens with zero attached hydrogens (tertiary/aromatic N) is 4. The van der Waals surface area contributed by atoms with E-state index in [0.29, 0.717) is 29.6 Å². The summed E-state index contributed by atoms with van der Waals surface area (Å²) in [7, 11) is 0. The normalized spacial score (nSPS) is 21.1. The Morgan fingerprint density at radius 2 is 1.81 bits per heavy atom. The highest BCUT2D eigenvalue weighted by Crippen LogP contribution is 2.44. The molecule has 3 heterocycles. The molecule has 1 saturated heterocycles. The molecule has 3 aliphatic rings. The Balaban J connectivity index is 1.29. The Bertz CT molecular complexity index is 1180. The summed E-state index contributed by atoms with van der Waals surface area (Å²) >= 11 is 7.87. The van der Waals surface area contributed by atoms with Crippen molar-refractivity contribution in [2.45, 2.75) is 44.9 Å². The third-order valence-corrected chi connectivity index (χ3v) is 8.45. The molecular weight excluding hydrogens is 440 g/mol. The van der Waals surface area contributed by atoms with Gasteiger partial charge in [-0.1, -0.05) is 18.5 Å². The van der Waals surface area contributed by atoms with E-state index in [2.05, 4.69) is 11.8 Å². The number of halogens is 1. The molecule has 1 amide bonds. The number of rotatable bonds is 3. The van der Waals surface area contributed by atoms with E-state index in [-0.39, 0.29) is 5.91 Å². The van der Waals surface area contributed by atoms with Crippen LogP contribution in [0, 0.1) is 5.92 Å². The first-order valence-corrected chi connectivity index (χ1v) is 12.9. The second-order valence-corrected chi connectivity index (χ2v) is 11.0. The number of fused-ring (bicyclic) bond motifs is 3. The quantitative estimate of drug-likeness (QED) is 0.525. The molecule has 6 rings (SSSR count). The zero-order valence-electron chi connectivity index (χ0n) is 18.3. The average Bonchev–Trinajstić information content (AvgIpc) is 3.59. The zero-order chi connectivity index (χ0) is 21.8. The van der Waals surface area contributed by atoms with Crippen molar-refractivity contribution in [2.75, 3.05) is 31.1 Å². The molecule has 32 heavy (non-hydrogen) atoms. The number of amides is 1. The van der Waals surface area contributed by atoms with E-state index in [1.807, 2.05) is 28.4 Å². The molecule has 0 N–H and O–H groups in total. The van der Waals surface area contributed by atoms with Crippen molar-refractivity contribution in [3.8, 4) is 0 Å². The fourth-order valence-electron chi connectivity index (χ4n) is 4.99. The van der Waals surface area contributed by atoms with Gasteiger partial charge in [-0.2, -0.15) is 0 Å². The monoisotopic (exact) mass is 466 g/mol. The standard InChI is InChI=1S/C25H27ClN4OS/c1-15-2-9-19-20(14-15)32-24-21(19)23(27-22(28-24)16-3-4-16)29-10-12-30(13-11-29)25(31)17-5-7-18(26)8-6-17/h5-8,15-16H,2-4,9-14H2,1H3/t15-/m0/s1. The Labute approximate surface area is 197 Å². The molecule has 1 saturated carbocycles. The number of aromatic nitrogens is 2. The molecule has 1 aliphatic heterocycles. The van der Waals surface area contributed by atoms with Gasteiger partial charge in [0.15, 0.2) is 0 Å². The molecule has 0 unspecified atom stereocenters. The lowest BCUT2D eigenvalue weighted by molar-refractivity contribution is 0.0746. The van der Waals surface area contributed by atoms with E-state index in [0.717, 1.165) is 43.5 Å². The van der Waals surface area contributed by atoms with Crippen molar-refractivity contribution in [3.05, 3.63) is 51.1 Å². The Morgan fingerprint density at radius 1 is 1.06 bits per heavy atom. The number of anilines is 1. The van der Waals surface area contributed by atoms with Crippen LogP contribution >= 0.6 is 22.9 Å². The van der Waals surface area contributed by atoms with E-state index in [4.69, 9.17) is 21.6 Å². The molecule has 2 fully saturated rings. The molecular formula is C25H27ClN4OS. The predicted octanol–water partition coefficient (Wildman–Crippen LogP) is 5.31. The lowest BCUT2D eigenvalue weighted by Gasteiger charge is -2.36. The topological polar surface area (TPSA) is 49.3 Å². The highest BCUT2D eigenvalue weighted by molar-refractivity contribution is 7.19. The highest BCUT2D eigenvalue weighted by Gasteiger charge is 2.32. The van der Waals surface area contributed by atoms with Crippen molar-refractivity contribution in [1.29, 1.82) is 0 Å². The largest absolute Gasteiger partial charge is 0.352 e. The van der Waals surface area contributed by atoms with Gasteiger partial charge in [0, 0.05) is 47.6 Å². The summed E-state index contributed by atoms with van der Waals surface area (Å²) < 4.78 is 0. The smallest absolute Gasteiger partial charge is 0.253 e. The van der Waals surface area contributed by atoms with E-state index < -0.39 is 0 Å². The minimum atomic E-state index is 0.0784. The van der Waals surface area contributed by atoms with E-state index in [1.165, 1.54) is 39.9 Å². The van der Waals surface area contributed by atoms with Crippen LogP contribution in [0.15, 0.2) is 24.3 Å². The average molecular weight is 467 g/mol. The maximum absolute atomic E-state index is 12.9. The summed E-state index contributed by atoms with van der Waals surface area (Å²) in [5.74, 6) is 3.50. The van der Waals surface area contributed by atoms with Gasteiger partial charge < -0.3 is 9.80 Å². The minimum absolute atomic E-state index is 0.0784. The van der Waals surface area contributed by atoms with Gasteiger partial charge in [-0.05, 0) is 67.9 Å². The summed E-state index contributed by atoms with van der Waals surface area (Å²) in [5, 5.41) is 1.94. The predicted molar refractivity (Wildman–Crippen MR) is 130 cm³/mol. The van der Waals surface area contributed by atoms with Crippen LogP contribution in [0.25, 0.3) is 10.2 Å². The summed E-state index contributed by atoms with van der Waals surface area (Å²) in [5.41, 5.74) is 2.18. The lowest BCUT2D eigenvalue weighted by Crippen LogP contribution is -2.49. The van der Waals surface area contributed by atoms with Crippen LogP contribution in [0.1, 0.15) is 58.7 Å². The van der Waals surface area contributed by atoms with Crippen LogP contribution in [0.5, 0.6) is 0 Å². The first-order valence-electron chi connectivity index (χ1n) is 11.7. The fourth-order valence-corrected chi connectivity index (χ4v) is 6.50. The second-order valence-electron chi connectivity index (χ2n) is 9.50. The number of piperazine rings is 1. The van der Waals surface area contributed by atoms with Gasteiger partial charge in [-0.3, -0.25) is 4.79 Å². The van der Waals surface area contributed by atoms with Gasteiger partial charge in [0.1, 0.15) is 16.5 Å². The number of hydrogen-bond donors (Lipinski definition) is 0. The number of thiophene rings is 1. The third kappa shape index (κ3) is 3.67. The molecule has 0 bridgehead atoms. The van der Waals surface area contributed by atoms with Crippen molar-refractivity contribution < 1.29 is 4.79 Å². The van der Waals surface area contributed by atoms with Gasteiger partial charge in [-0.25, -0.2) is 9.97 Å². The van der Waals surface area contributed by atoms with Crippen LogP contribution < -0.4 is 4.90 Å². The minimum Gasteiger partial charge on any atom is -0.352 e. The van der Waals surface area contributed by atoms with Crippen molar-refractivity contribution in [1.82, 2.24) is 14.9 Å². The number of carbonyl (C=O) groups excluding carboxylic acids is 1. The Hall–Kier alpha value is -2.18. The third-order valence-electron chi connectivity index (χ3n) is 7.05. The molecule has 1 atom stereocenters. The fraction of sp³-hybridized carbons (Fsp3) is 0.480. The van der Waals surface area contributed by atoms with Crippen LogP contribution in [0.3, 0.4) is 0 Å². The first kappa shape index (κ1) is 20.4. The summed E-state index contributed by atoms with van der Waals surface area (Å²) in [4.78, 5) is 30.1. The molecule has 5 nitrogen and oxygen atoms in total. The number of benzene rings is 1. The van der Waals surface area contributed by atoms with Crippen LogP contribution in [-0.4, -0.2) is 47.0 Å². The van der Waals surface area contributed by atoms with E-state index in [1.54, 1.807) is 12.1 Å². The van der Waals surface area contributed by atoms with Crippen molar-refractivity contribution in [3.63, 3.8) is 0 Å². The highest BCUT2D eigenvalue weighted by atomic mass is 35.5. The Morgan fingerprint density at radius 3 is 2.53 bits per heavy atom. The molecule has 3 aromatic rings. The van der Waals surface area contributed by atoms with Crippen molar-refractivity contribution in [2.24, 2.45) is 5.92 Å². The van der Waals surface area contributed by atoms with Crippen molar-refractivity contribution >= 4 is 44.9 Å². The summed E-state index contributed by atoms with van der Waals surface area (Å²) in [6.07, 6.45) is 5.95. The maximum Gasteiger partial charge on any atom is 0.253 e. The molecule has 2 aromatic heterocycles. The van der Waals surface area contributed by atoms with Gasteiger partial charge in [0.2, 0.25) is 0 Å². The second kappa shape index (κ2) is 7.99. The molecule has 1 aromatic carbocycles. The Kier molecular flexibility index (Phi) is 5.10. The van der Waals surface area contributed by atoms with E-state index >= 15 is 0 Å². The molecule has 7 heteroatoms. The van der Waals surface area contributed by atoms with Gasteiger partial charge in [0.25, 0.3) is 5.91 Å². The van der Waals surface area contributed by atoms with E-state index in [9.17, 15) is 4.79 Å². The summed E-state index contributed by atoms with van der Waals surface area (Å²) in [6, 6.07) is 7.18. The summed E-state index contributed by atoms with van der Waals surface area (Å²) in [6.45, 7) is 5.36. The first-order chi connectivity index (χ1) is 15.6. The SMILES string of the molecule is C[C@H]1CCc2c(sc3nc(C4CC4)nc(N4CCN(C(=O)c5ccc(Cl)cc5)CC4)c23)C1.